The number of hydrogen-bond acceptors (Lipinski definition) is 7. The van der Waals surface area contributed by atoms with Crippen molar-refractivity contribution < 1.29 is 22.6 Å². The predicted molar refractivity (Wildman–Crippen MR) is 129 cm³/mol. The molecule has 7 nitrogen and oxygen atoms in total. The second kappa shape index (κ2) is 11.3. The Bertz CT molecular complexity index is 1090. The highest BCUT2D eigenvalue weighted by Crippen LogP contribution is 2.32. The number of hydrogen-bond donors (Lipinski definition) is 1. The molecule has 0 aliphatic carbocycles. The lowest BCUT2D eigenvalue weighted by Gasteiger charge is -2.28. The van der Waals surface area contributed by atoms with Gasteiger partial charge in [-0.1, -0.05) is 24.6 Å². The lowest BCUT2D eigenvalue weighted by Crippen LogP contribution is -2.36. The smallest absolute Gasteiger partial charge is 0.218 e. The molecule has 1 aromatic heterocycles. The number of nitrogens with one attached hydrogen (secondary N) is 1. The lowest BCUT2D eigenvalue weighted by molar-refractivity contribution is 0.126. The number of benzene rings is 1. The van der Waals surface area contributed by atoms with Gasteiger partial charge in [0.05, 0.1) is 5.41 Å². The summed E-state index contributed by atoms with van der Waals surface area (Å²) in [6, 6.07) is 5.08. The Kier molecular flexibility index (Phi) is 8.71. The van der Waals surface area contributed by atoms with Crippen LogP contribution in [0.2, 0.25) is 5.15 Å². The maximum atomic E-state index is 14.5. The van der Waals surface area contributed by atoms with E-state index in [0.717, 1.165) is 0 Å². The van der Waals surface area contributed by atoms with Crippen molar-refractivity contribution in [2.75, 3.05) is 20.3 Å². The third-order valence-electron chi connectivity index (χ3n) is 5.78. The molecule has 1 N–H and O–H groups in total. The summed E-state index contributed by atoms with van der Waals surface area (Å²) >= 11 is 6.19. The maximum Gasteiger partial charge on any atom is 0.218 e. The van der Waals surface area contributed by atoms with Crippen molar-refractivity contribution in [2.45, 2.75) is 51.8 Å². The standard InChI is InChI=1S/C24H29ClF3N5O2/c1-13(9-15(26)11-29-5)14(2)35-19-10-18(25)31-22(32-19)21-30-12-34-23(33-21)24(3,4)20-16(27)7-6-8-17(20)28/h6-8,10,13-15,29H,9,11-12H2,1-5H3/t13-,14-,15-/m0/s1. The van der Waals surface area contributed by atoms with Crippen LogP contribution in [0.4, 0.5) is 13.2 Å². The van der Waals surface area contributed by atoms with Gasteiger partial charge in [-0.25, -0.2) is 23.1 Å². The van der Waals surface area contributed by atoms with Crippen LogP contribution in [0.25, 0.3) is 0 Å². The van der Waals surface area contributed by atoms with Crippen LogP contribution < -0.4 is 10.1 Å². The Labute approximate surface area is 207 Å². The average Bonchev–Trinajstić information content (AvgIpc) is 2.78. The number of amidine groups is 1. The molecule has 0 saturated carbocycles. The molecule has 3 atom stereocenters. The summed E-state index contributed by atoms with van der Waals surface area (Å²) in [4.78, 5) is 17.1. The summed E-state index contributed by atoms with van der Waals surface area (Å²) in [5.74, 6) is -1.15. The minimum Gasteiger partial charge on any atom is -0.474 e. The molecule has 0 radical (unpaired) electrons. The van der Waals surface area contributed by atoms with Crippen LogP contribution in [0.5, 0.6) is 5.88 Å². The minimum absolute atomic E-state index is 0.0538. The molecule has 2 heterocycles. The van der Waals surface area contributed by atoms with E-state index in [2.05, 4.69) is 25.3 Å². The van der Waals surface area contributed by atoms with Crippen LogP contribution >= 0.6 is 11.6 Å². The van der Waals surface area contributed by atoms with Gasteiger partial charge in [-0.2, -0.15) is 9.98 Å². The number of halogens is 4. The molecule has 0 unspecified atom stereocenters. The summed E-state index contributed by atoms with van der Waals surface area (Å²) < 4.78 is 54.4. The molecular formula is C24H29ClF3N5O2. The van der Waals surface area contributed by atoms with Crippen LogP contribution in [0.15, 0.2) is 34.3 Å². The third-order valence-corrected chi connectivity index (χ3v) is 5.97. The summed E-state index contributed by atoms with van der Waals surface area (Å²) in [6.45, 7) is 7.02. The minimum atomic E-state index is -1.24. The number of alkyl halides is 1. The van der Waals surface area contributed by atoms with E-state index in [4.69, 9.17) is 21.1 Å². The van der Waals surface area contributed by atoms with Crippen LogP contribution in [0.1, 0.15) is 45.5 Å². The van der Waals surface area contributed by atoms with E-state index in [1.807, 2.05) is 13.8 Å². The molecule has 0 spiro atoms. The van der Waals surface area contributed by atoms with Crippen molar-refractivity contribution in [1.29, 1.82) is 0 Å². The molecule has 1 aromatic carbocycles. The normalized spacial score (nSPS) is 16.6. The summed E-state index contributed by atoms with van der Waals surface area (Å²) in [7, 11) is 1.70. The fraction of sp³-hybridized carbons (Fsp3) is 0.500. The molecule has 11 heteroatoms. The topological polar surface area (TPSA) is 81.0 Å². The second-order valence-corrected chi connectivity index (χ2v) is 9.32. The molecule has 0 amide bonds. The van der Waals surface area contributed by atoms with E-state index < -0.39 is 23.2 Å². The molecule has 0 fully saturated rings. The third kappa shape index (κ3) is 6.49. The van der Waals surface area contributed by atoms with Crippen molar-refractivity contribution in [3.05, 3.63) is 52.4 Å². The SMILES string of the molecule is CNC[C@@H](F)C[C@H](C)[C@H](C)Oc1cc(Cl)nc(C2=NCOC(C(C)(C)c3c(F)cccc3F)=N2)n1. The van der Waals surface area contributed by atoms with Crippen LogP contribution in [-0.4, -0.2) is 54.3 Å². The highest BCUT2D eigenvalue weighted by atomic mass is 35.5. The number of aromatic nitrogens is 2. The first-order chi connectivity index (χ1) is 16.5. The van der Waals surface area contributed by atoms with Gasteiger partial charge in [-0.05, 0) is 52.3 Å². The quantitative estimate of drug-likeness (QED) is 0.460. The van der Waals surface area contributed by atoms with Gasteiger partial charge in [0.1, 0.15) is 29.1 Å². The molecule has 2 aromatic rings. The molecular weight excluding hydrogens is 483 g/mol. The van der Waals surface area contributed by atoms with Crippen molar-refractivity contribution in [3.63, 3.8) is 0 Å². The van der Waals surface area contributed by atoms with Gasteiger partial charge in [-0.15, -0.1) is 0 Å². The number of rotatable bonds is 10. The fourth-order valence-corrected chi connectivity index (χ4v) is 3.90. The van der Waals surface area contributed by atoms with Crippen molar-refractivity contribution in [3.8, 4) is 5.88 Å². The van der Waals surface area contributed by atoms with Gasteiger partial charge >= 0.3 is 0 Å². The molecule has 35 heavy (non-hydrogen) atoms. The van der Waals surface area contributed by atoms with Gasteiger partial charge in [0.2, 0.25) is 17.6 Å². The zero-order valence-corrected chi connectivity index (χ0v) is 21.0. The van der Waals surface area contributed by atoms with E-state index in [-0.39, 0.29) is 59.5 Å². The highest BCUT2D eigenvalue weighted by molar-refractivity contribution is 6.29. The molecule has 1 aliphatic heterocycles. The largest absolute Gasteiger partial charge is 0.474 e. The Morgan fingerprint density at radius 1 is 1.20 bits per heavy atom. The Hall–Kier alpha value is -2.72. The van der Waals surface area contributed by atoms with Crippen molar-refractivity contribution in [1.82, 2.24) is 15.3 Å². The molecule has 0 bridgehead atoms. The first-order valence-electron chi connectivity index (χ1n) is 11.2. The Balaban J connectivity index is 1.84. The van der Waals surface area contributed by atoms with Gasteiger partial charge in [0.15, 0.2) is 12.6 Å². The van der Waals surface area contributed by atoms with Gasteiger partial charge < -0.3 is 14.8 Å². The number of aliphatic imine (C=N–C) groups is 2. The maximum absolute atomic E-state index is 14.5. The van der Waals surface area contributed by atoms with Gasteiger partial charge in [0.25, 0.3) is 0 Å². The second-order valence-electron chi connectivity index (χ2n) is 8.94. The highest BCUT2D eigenvalue weighted by Gasteiger charge is 2.36. The summed E-state index contributed by atoms with van der Waals surface area (Å²) in [6.07, 6.45) is -1.05. The first kappa shape index (κ1) is 26.9. The van der Waals surface area contributed by atoms with Crippen molar-refractivity contribution >= 4 is 23.3 Å². The monoisotopic (exact) mass is 511 g/mol. The van der Waals surface area contributed by atoms with Crippen molar-refractivity contribution in [2.24, 2.45) is 15.9 Å². The van der Waals surface area contributed by atoms with E-state index >= 15 is 0 Å². The molecule has 190 valence electrons. The summed E-state index contributed by atoms with van der Waals surface area (Å²) in [5, 5.41) is 2.90. The number of nitrogens with zero attached hydrogens (tertiary/aromatic N) is 4. The van der Waals surface area contributed by atoms with Crippen LogP contribution in [0, 0.1) is 17.6 Å². The zero-order valence-electron chi connectivity index (χ0n) is 20.3. The fourth-order valence-electron chi connectivity index (χ4n) is 3.72. The zero-order chi connectivity index (χ0) is 25.8. The average molecular weight is 512 g/mol. The van der Waals surface area contributed by atoms with E-state index in [0.29, 0.717) is 6.42 Å². The molecule has 3 rings (SSSR count). The predicted octanol–water partition coefficient (Wildman–Crippen LogP) is 4.87. The first-order valence-corrected chi connectivity index (χ1v) is 11.6. The molecule has 0 saturated heterocycles. The van der Waals surface area contributed by atoms with Crippen LogP contribution in [0.3, 0.4) is 0 Å². The molecule has 1 aliphatic rings. The Morgan fingerprint density at radius 3 is 2.54 bits per heavy atom. The van der Waals surface area contributed by atoms with Crippen LogP contribution in [-0.2, 0) is 10.2 Å². The van der Waals surface area contributed by atoms with E-state index in [1.54, 1.807) is 20.9 Å². The Morgan fingerprint density at radius 2 is 1.89 bits per heavy atom. The van der Waals surface area contributed by atoms with E-state index in [9.17, 15) is 13.2 Å². The number of ether oxygens (including phenoxy) is 2. The van der Waals surface area contributed by atoms with Gasteiger partial charge in [-0.3, -0.25) is 0 Å². The van der Waals surface area contributed by atoms with E-state index in [1.165, 1.54) is 24.3 Å². The summed E-state index contributed by atoms with van der Waals surface area (Å²) in [5.41, 5.74) is -1.42. The van der Waals surface area contributed by atoms with Gasteiger partial charge in [0, 0.05) is 18.2 Å². The lowest BCUT2D eigenvalue weighted by atomic mass is 9.83.